The van der Waals surface area contributed by atoms with Crippen LogP contribution in [0.4, 0.5) is 5.69 Å². The maximum atomic E-state index is 12.1. The highest BCUT2D eigenvalue weighted by Gasteiger charge is 2.39. The van der Waals surface area contributed by atoms with Crippen LogP contribution < -0.4 is 5.06 Å². The summed E-state index contributed by atoms with van der Waals surface area (Å²) in [6.45, 7) is 6.68. The Bertz CT molecular complexity index is 685. The Kier molecular flexibility index (Phi) is 3.08. The molecule has 0 unspecified atom stereocenters. The summed E-state index contributed by atoms with van der Waals surface area (Å²) in [5.41, 5.74) is 2.88. The van der Waals surface area contributed by atoms with E-state index in [0.717, 1.165) is 17.1 Å². The van der Waals surface area contributed by atoms with E-state index < -0.39 is 5.97 Å². The summed E-state index contributed by atoms with van der Waals surface area (Å²) in [5.74, 6) is -0.472. The molecule has 21 heavy (non-hydrogen) atoms. The van der Waals surface area contributed by atoms with Crippen LogP contribution >= 0.6 is 0 Å². The lowest BCUT2D eigenvalue weighted by Crippen LogP contribution is -2.31. The van der Waals surface area contributed by atoms with Gasteiger partial charge < -0.3 is 4.84 Å². The van der Waals surface area contributed by atoms with Gasteiger partial charge in [-0.1, -0.05) is 13.8 Å². The van der Waals surface area contributed by atoms with E-state index >= 15 is 0 Å². The molecule has 0 saturated carbocycles. The van der Waals surface area contributed by atoms with Crippen molar-refractivity contribution in [1.29, 1.82) is 0 Å². The molecule has 0 amide bonds. The number of anilines is 1. The van der Waals surface area contributed by atoms with Crippen LogP contribution in [0.1, 0.15) is 35.6 Å². The second kappa shape index (κ2) is 4.80. The smallest absolute Gasteiger partial charge is 0.335 e. The van der Waals surface area contributed by atoms with Crippen LogP contribution in [-0.4, -0.2) is 27.5 Å². The van der Waals surface area contributed by atoms with Gasteiger partial charge in [0.1, 0.15) is 6.33 Å². The third-order valence-corrected chi connectivity index (χ3v) is 3.45. The van der Waals surface area contributed by atoms with Crippen molar-refractivity contribution in [2.24, 2.45) is 0 Å². The minimum Gasteiger partial charge on any atom is -0.335 e. The van der Waals surface area contributed by atoms with Gasteiger partial charge in [-0.15, -0.1) is 0 Å². The fourth-order valence-corrected chi connectivity index (χ4v) is 2.41. The molecule has 108 valence electrons. The van der Waals surface area contributed by atoms with Crippen molar-refractivity contribution >= 4 is 11.7 Å². The minimum atomic E-state index is -0.472. The maximum absolute atomic E-state index is 12.1. The van der Waals surface area contributed by atoms with Crippen LogP contribution in [0.3, 0.4) is 0 Å². The van der Waals surface area contributed by atoms with Gasteiger partial charge in [-0.25, -0.2) is 19.8 Å². The van der Waals surface area contributed by atoms with Crippen molar-refractivity contribution < 1.29 is 9.63 Å². The van der Waals surface area contributed by atoms with Gasteiger partial charge in [0, 0.05) is 23.5 Å². The van der Waals surface area contributed by atoms with Crippen molar-refractivity contribution in [3.63, 3.8) is 0 Å². The molecule has 0 fully saturated rings. The summed E-state index contributed by atoms with van der Waals surface area (Å²) in [6, 6.07) is 3.84. The van der Waals surface area contributed by atoms with Gasteiger partial charge in [0.05, 0.1) is 23.5 Å². The van der Waals surface area contributed by atoms with Crippen molar-refractivity contribution in [2.75, 3.05) is 11.6 Å². The van der Waals surface area contributed by atoms with Gasteiger partial charge in [-0.3, -0.25) is 4.98 Å². The molecule has 0 radical (unpaired) electrons. The third kappa shape index (κ3) is 2.44. The normalized spacial score (nSPS) is 15.7. The zero-order valence-electron chi connectivity index (χ0n) is 12.2. The first kappa shape index (κ1) is 13.5. The SMILES string of the molecule is Cc1ccc2c(n1)C(C)(C)CN2OC(=O)c1cncnc1. The van der Waals surface area contributed by atoms with E-state index in [1.165, 1.54) is 18.7 Å². The van der Waals surface area contributed by atoms with E-state index in [1.807, 2.05) is 19.1 Å². The van der Waals surface area contributed by atoms with Gasteiger partial charge in [0.2, 0.25) is 0 Å². The van der Waals surface area contributed by atoms with E-state index in [-0.39, 0.29) is 5.41 Å². The van der Waals surface area contributed by atoms with Gasteiger partial charge in [-0.05, 0) is 19.1 Å². The van der Waals surface area contributed by atoms with E-state index in [9.17, 15) is 4.79 Å². The van der Waals surface area contributed by atoms with Gasteiger partial charge in [0.25, 0.3) is 0 Å². The first-order valence-corrected chi connectivity index (χ1v) is 6.70. The molecule has 2 aromatic heterocycles. The predicted octanol–water partition coefficient (Wildman–Crippen LogP) is 2.05. The molecule has 0 aliphatic carbocycles. The average molecular weight is 284 g/mol. The summed E-state index contributed by atoms with van der Waals surface area (Å²) in [6.07, 6.45) is 4.24. The second-order valence-corrected chi connectivity index (χ2v) is 5.75. The van der Waals surface area contributed by atoms with Crippen molar-refractivity contribution in [3.05, 3.63) is 47.8 Å². The zero-order valence-corrected chi connectivity index (χ0v) is 12.2. The highest BCUT2D eigenvalue weighted by Crippen LogP contribution is 2.39. The van der Waals surface area contributed by atoms with Crippen LogP contribution in [0.25, 0.3) is 0 Å². The van der Waals surface area contributed by atoms with Crippen LogP contribution in [0, 0.1) is 6.92 Å². The van der Waals surface area contributed by atoms with Gasteiger partial charge >= 0.3 is 5.97 Å². The molecule has 2 aromatic rings. The third-order valence-electron chi connectivity index (χ3n) is 3.45. The lowest BCUT2D eigenvalue weighted by Gasteiger charge is -2.20. The molecular formula is C15H16N4O2. The molecule has 0 atom stereocenters. The first-order chi connectivity index (χ1) is 9.97. The number of fused-ring (bicyclic) bond motifs is 1. The van der Waals surface area contributed by atoms with Crippen LogP contribution in [0.2, 0.25) is 0 Å². The topological polar surface area (TPSA) is 68.2 Å². The lowest BCUT2D eigenvalue weighted by atomic mass is 9.91. The molecular weight excluding hydrogens is 268 g/mol. The van der Waals surface area contributed by atoms with Crippen molar-refractivity contribution in [1.82, 2.24) is 15.0 Å². The molecule has 6 heteroatoms. The summed E-state index contributed by atoms with van der Waals surface area (Å²) >= 11 is 0. The van der Waals surface area contributed by atoms with Crippen LogP contribution in [0.5, 0.6) is 0 Å². The summed E-state index contributed by atoms with van der Waals surface area (Å²) in [4.78, 5) is 29.8. The molecule has 0 saturated heterocycles. The van der Waals surface area contributed by atoms with E-state index in [4.69, 9.17) is 4.84 Å². The largest absolute Gasteiger partial charge is 0.366 e. The van der Waals surface area contributed by atoms with Gasteiger partial charge in [0.15, 0.2) is 0 Å². The van der Waals surface area contributed by atoms with E-state index in [1.54, 1.807) is 5.06 Å². The minimum absolute atomic E-state index is 0.172. The number of aryl methyl sites for hydroxylation is 1. The molecule has 6 nitrogen and oxygen atoms in total. The highest BCUT2D eigenvalue weighted by atomic mass is 16.7. The summed E-state index contributed by atoms with van der Waals surface area (Å²) < 4.78 is 0. The van der Waals surface area contributed by atoms with E-state index in [0.29, 0.717) is 12.1 Å². The fourth-order valence-electron chi connectivity index (χ4n) is 2.41. The van der Waals surface area contributed by atoms with Crippen LogP contribution in [-0.2, 0) is 10.3 Å². The number of rotatable bonds is 2. The monoisotopic (exact) mass is 284 g/mol. The second-order valence-electron chi connectivity index (χ2n) is 5.75. The highest BCUT2D eigenvalue weighted by molar-refractivity contribution is 5.89. The Morgan fingerprint density at radius 1 is 1.29 bits per heavy atom. The van der Waals surface area contributed by atoms with Gasteiger partial charge in [-0.2, -0.15) is 0 Å². The number of carbonyl (C=O) groups excluding carboxylic acids is 1. The molecule has 0 bridgehead atoms. The molecule has 0 N–H and O–H groups in total. The Balaban J connectivity index is 1.88. The summed E-state index contributed by atoms with van der Waals surface area (Å²) in [7, 11) is 0. The standard InChI is InChI=1S/C15H16N4O2/c1-10-4-5-12-13(18-10)15(2,3)8-19(12)21-14(20)11-6-16-9-17-7-11/h4-7,9H,8H2,1-3H3. The van der Waals surface area contributed by atoms with Crippen LogP contribution in [0.15, 0.2) is 30.9 Å². The molecule has 1 aliphatic heterocycles. The maximum Gasteiger partial charge on any atom is 0.366 e. The zero-order chi connectivity index (χ0) is 15.0. The number of aromatic nitrogens is 3. The Morgan fingerprint density at radius 3 is 2.71 bits per heavy atom. The molecule has 0 spiro atoms. The molecule has 3 heterocycles. The van der Waals surface area contributed by atoms with E-state index in [2.05, 4.69) is 28.8 Å². The Labute approximate surface area is 122 Å². The average Bonchev–Trinajstić information content (AvgIpc) is 2.70. The number of carbonyl (C=O) groups is 1. The molecule has 0 aromatic carbocycles. The Morgan fingerprint density at radius 2 is 2.00 bits per heavy atom. The first-order valence-electron chi connectivity index (χ1n) is 6.70. The van der Waals surface area contributed by atoms with Crippen molar-refractivity contribution in [3.8, 4) is 0 Å². The number of hydrogen-bond donors (Lipinski definition) is 0. The molecule has 3 rings (SSSR count). The quantitative estimate of drug-likeness (QED) is 0.840. The summed E-state index contributed by atoms with van der Waals surface area (Å²) in [5, 5.41) is 1.59. The number of hydroxylamine groups is 1. The fraction of sp³-hybridized carbons (Fsp3) is 0.333. The number of nitrogens with zero attached hydrogens (tertiary/aromatic N) is 4. The van der Waals surface area contributed by atoms with Crippen molar-refractivity contribution in [2.45, 2.75) is 26.2 Å². The predicted molar refractivity (Wildman–Crippen MR) is 76.8 cm³/mol. The molecule has 1 aliphatic rings. The number of pyridine rings is 1. The Hall–Kier alpha value is -2.50. The number of hydrogen-bond acceptors (Lipinski definition) is 6. The lowest BCUT2D eigenvalue weighted by molar-refractivity contribution is 0.0448.